The van der Waals surface area contributed by atoms with Crippen LogP contribution < -0.4 is 0 Å². The van der Waals surface area contributed by atoms with Crippen LogP contribution in [-0.2, 0) is 6.42 Å². The van der Waals surface area contributed by atoms with Crippen molar-refractivity contribution in [3.8, 4) is 28.5 Å². The van der Waals surface area contributed by atoms with Crippen molar-refractivity contribution >= 4 is 11.4 Å². The fourth-order valence-corrected chi connectivity index (χ4v) is 3.10. The summed E-state index contributed by atoms with van der Waals surface area (Å²) in [5, 5.41) is 8.97. The average Bonchev–Trinajstić information content (AvgIpc) is 3.01. The van der Waals surface area contributed by atoms with E-state index in [1.807, 2.05) is 30.3 Å². The molecule has 0 aliphatic carbocycles. The third kappa shape index (κ3) is 2.49. The van der Waals surface area contributed by atoms with Gasteiger partial charge in [-0.1, -0.05) is 24.3 Å². The Morgan fingerprint density at radius 2 is 1.79 bits per heavy atom. The minimum absolute atomic E-state index is 0.654. The third-order valence-corrected chi connectivity index (χ3v) is 4.24. The maximum atomic E-state index is 8.97. The van der Waals surface area contributed by atoms with Crippen LogP contribution in [0.1, 0.15) is 18.1 Å². The highest BCUT2D eigenvalue weighted by Gasteiger charge is 2.14. The summed E-state index contributed by atoms with van der Waals surface area (Å²) in [6.07, 6.45) is 2.72. The SMILES string of the molecule is CC1=Nc2ccc(-c3cccnc3-c3ccc(C#N)cc3)cc2C1. The van der Waals surface area contributed by atoms with Crippen molar-refractivity contribution in [3.05, 3.63) is 71.9 Å². The van der Waals surface area contributed by atoms with Crippen LogP contribution in [0.4, 0.5) is 5.69 Å². The quantitative estimate of drug-likeness (QED) is 0.673. The largest absolute Gasteiger partial charge is 0.257 e. The smallest absolute Gasteiger partial charge is 0.0991 e. The van der Waals surface area contributed by atoms with Crippen LogP contribution in [0.15, 0.2) is 65.8 Å². The second-order valence-corrected chi connectivity index (χ2v) is 5.96. The molecule has 0 N–H and O–H groups in total. The Bertz CT molecular complexity index is 992. The molecule has 0 spiro atoms. The van der Waals surface area contributed by atoms with Crippen LogP contribution >= 0.6 is 0 Å². The average molecular weight is 309 g/mol. The summed E-state index contributed by atoms with van der Waals surface area (Å²) in [6.45, 7) is 2.06. The molecule has 0 unspecified atom stereocenters. The van der Waals surface area contributed by atoms with Gasteiger partial charge in [0, 0.05) is 29.5 Å². The number of hydrogen-bond donors (Lipinski definition) is 0. The molecule has 0 fully saturated rings. The number of nitrogens with zero attached hydrogens (tertiary/aromatic N) is 3. The van der Waals surface area contributed by atoms with Crippen molar-refractivity contribution in [1.82, 2.24) is 4.98 Å². The molecule has 0 amide bonds. The summed E-state index contributed by atoms with van der Waals surface area (Å²) >= 11 is 0. The first kappa shape index (κ1) is 14.3. The van der Waals surface area contributed by atoms with Crippen molar-refractivity contribution in [2.45, 2.75) is 13.3 Å². The van der Waals surface area contributed by atoms with E-state index in [1.54, 1.807) is 6.20 Å². The van der Waals surface area contributed by atoms with E-state index in [9.17, 15) is 0 Å². The number of fused-ring (bicyclic) bond motifs is 1. The van der Waals surface area contributed by atoms with Gasteiger partial charge in [-0.25, -0.2) is 0 Å². The van der Waals surface area contributed by atoms with Crippen LogP contribution in [0.25, 0.3) is 22.4 Å². The van der Waals surface area contributed by atoms with Gasteiger partial charge in [0.25, 0.3) is 0 Å². The van der Waals surface area contributed by atoms with Gasteiger partial charge >= 0.3 is 0 Å². The Balaban J connectivity index is 1.80. The zero-order valence-electron chi connectivity index (χ0n) is 13.3. The number of rotatable bonds is 2. The molecule has 1 aliphatic heterocycles. The molecule has 1 aromatic heterocycles. The first-order valence-corrected chi connectivity index (χ1v) is 7.87. The van der Waals surface area contributed by atoms with Crippen molar-refractivity contribution < 1.29 is 0 Å². The summed E-state index contributed by atoms with van der Waals surface area (Å²) in [5.41, 5.74) is 8.32. The van der Waals surface area contributed by atoms with Crippen LogP contribution in [0.5, 0.6) is 0 Å². The summed E-state index contributed by atoms with van der Waals surface area (Å²) in [5.74, 6) is 0. The lowest BCUT2D eigenvalue weighted by Gasteiger charge is -2.10. The van der Waals surface area contributed by atoms with Gasteiger partial charge in [-0.3, -0.25) is 9.98 Å². The highest BCUT2D eigenvalue weighted by atomic mass is 14.8. The Kier molecular flexibility index (Phi) is 3.44. The van der Waals surface area contributed by atoms with E-state index in [0.717, 1.165) is 40.2 Å². The molecular weight excluding hydrogens is 294 g/mol. The van der Waals surface area contributed by atoms with Crippen molar-refractivity contribution in [2.75, 3.05) is 0 Å². The topological polar surface area (TPSA) is 49.0 Å². The van der Waals surface area contributed by atoms with Gasteiger partial charge < -0.3 is 0 Å². The molecule has 0 saturated heterocycles. The number of pyridine rings is 1. The third-order valence-electron chi connectivity index (χ3n) is 4.24. The first-order valence-electron chi connectivity index (χ1n) is 7.87. The van der Waals surface area contributed by atoms with Crippen LogP contribution in [0.3, 0.4) is 0 Å². The predicted molar refractivity (Wildman–Crippen MR) is 96.3 cm³/mol. The number of benzene rings is 2. The van der Waals surface area contributed by atoms with E-state index < -0.39 is 0 Å². The fourth-order valence-electron chi connectivity index (χ4n) is 3.10. The van der Waals surface area contributed by atoms with Crippen LogP contribution in [0, 0.1) is 11.3 Å². The first-order chi connectivity index (χ1) is 11.7. The van der Waals surface area contributed by atoms with Crippen molar-refractivity contribution in [3.63, 3.8) is 0 Å². The number of hydrogen-bond acceptors (Lipinski definition) is 3. The van der Waals surface area contributed by atoms with E-state index in [4.69, 9.17) is 5.26 Å². The summed E-state index contributed by atoms with van der Waals surface area (Å²) in [7, 11) is 0. The van der Waals surface area contributed by atoms with E-state index >= 15 is 0 Å². The van der Waals surface area contributed by atoms with Crippen LogP contribution in [0.2, 0.25) is 0 Å². The molecule has 114 valence electrons. The van der Waals surface area contributed by atoms with Gasteiger partial charge in [0.1, 0.15) is 0 Å². The lowest BCUT2D eigenvalue weighted by Crippen LogP contribution is -1.92. The van der Waals surface area contributed by atoms with Gasteiger partial charge in [-0.2, -0.15) is 5.26 Å². The van der Waals surface area contributed by atoms with Crippen molar-refractivity contribution in [1.29, 1.82) is 5.26 Å². The van der Waals surface area contributed by atoms with Gasteiger partial charge in [0.05, 0.1) is 23.0 Å². The molecule has 2 heterocycles. The highest BCUT2D eigenvalue weighted by molar-refractivity contribution is 5.93. The second kappa shape index (κ2) is 5.75. The van der Waals surface area contributed by atoms with Crippen molar-refractivity contribution in [2.24, 2.45) is 4.99 Å². The molecule has 24 heavy (non-hydrogen) atoms. The maximum absolute atomic E-state index is 8.97. The Morgan fingerprint density at radius 3 is 2.58 bits per heavy atom. The summed E-state index contributed by atoms with van der Waals surface area (Å²) in [6, 6.07) is 20.1. The number of nitriles is 1. The molecular formula is C21H15N3. The van der Waals surface area contributed by atoms with E-state index in [1.165, 1.54) is 5.56 Å². The lowest BCUT2D eigenvalue weighted by molar-refractivity contribution is 1.32. The molecule has 3 aromatic rings. The monoisotopic (exact) mass is 309 g/mol. The minimum atomic E-state index is 0.654. The fraction of sp³-hybridized carbons (Fsp3) is 0.0952. The molecule has 0 saturated carbocycles. The molecule has 2 aromatic carbocycles. The zero-order chi connectivity index (χ0) is 16.5. The predicted octanol–water partition coefficient (Wildman–Crippen LogP) is 4.94. The Morgan fingerprint density at radius 1 is 1.00 bits per heavy atom. The second-order valence-electron chi connectivity index (χ2n) is 5.96. The molecule has 3 heteroatoms. The number of aromatic nitrogens is 1. The van der Waals surface area contributed by atoms with E-state index in [0.29, 0.717) is 5.56 Å². The minimum Gasteiger partial charge on any atom is -0.257 e. The molecule has 0 atom stereocenters. The molecule has 0 bridgehead atoms. The molecule has 0 radical (unpaired) electrons. The normalized spacial score (nSPS) is 12.4. The van der Waals surface area contributed by atoms with Crippen LogP contribution in [-0.4, -0.2) is 10.7 Å². The van der Waals surface area contributed by atoms with E-state index in [2.05, 4.69) is 47.2 Å². The van der Waals surface area contributed by atoms with Gasteiger partial charge in [-0.05, 0) is 48.4 Å². The lowest BCUT2D eigenvalue weighted by atomic mass is 9.96. The number of aliphatic imine (C=N–C) groups is 1. The van der Waals surface area contributed by atoms with Gasteiger partial charge in [0.15, 0.2) is 0 Å². The summed E-state index contributed by atoms with van der Waals surface area (Å²) in [4.78, 5) is 9.13. The van der Waals surface area contributed by atoms with E-state index in [-0.39, 0.29) is 0 Å². The standard InChI is InChI=1S/C21H15N3/c1-14-11-18-12-17(8-9-20(18)24-14)19-3-2-10-23-21(19)16-6-4-15(13-22)5-7-16/h2-10,12H,11H2,1H3. The zero-order valence-corrected chi connectivity index (χ0v) is 13.3. The highest BCUT2D eigenvalue weighted by Crippen LogP contribution is 2.35. The Hall–Kier alpha value is -3.25. The molecule has 4 rings (SSSR count). The van der Waals surface area contributed by atoms with Gasteiger partial charge in [0.2, 0.25) is 0 Å². The summed E-state index contributed by atoms with van der Waals surface area (Å²) < 4.78 is 0. The molecule has 3 nitrogen and oxygen atoms in total. The molecule has 1 aliphatic rings. The Labute approximate surface area is 141 Å². The maximum Gasteiger partial charge on any atom is 0.0991 e. The van der Waals surface area contributed by atoms with Gasteiger partial charge in [-0.15, -0.1) is 0 Å².